The number of likely N-dealkylation sites (N-methyl/N-ethyl adjacent to an activating group) is 1. The van der Waals surface area contributed by atoms with E-state index in [9.17, 15) is 4.79 Å². The number of hydrogen-bond acceptors (Lipinski definition) is 4. The first-order valence-corrected chi connectivity index (χ1v) is 9.32. The van der Waals surface area contributed by atoms with Gasteiger partial charge in [0.25, 0.3) is 0 Å². The Labute approximate surface area is 165 Å². The maximum atomic E-state index is 12.3. The molecule has 0 aliphatic carbocycles. The standard InChI is InChI=1S/C22H27N3O3/c1-25(14-16-8-9-20(27-2)21(12-16)28-3)15-22(26)23-11-10-17-13-24-19-7-5-4-6-18(17)19/h4-9,12-13,24H,10-11,14-15H2,1-3H3,(H,23,26). The van der Waals surface area contributed by atoms with E-state index in [2.05, 4.69) is 22.4 Å². The second-order valence-electron chi connectivity index (χ2n) is 6.82. The molecular formula is C22H27N3O3. The van der Waals surface area contributed by atoms with Gasteiger partial charge in [-0.05, 0) is 42.8 Å². The molecule has 1 heterocycles. The molecule has 1 amide bonds. The number of nitrogens with one attached hydrogen (secondary N) is 2. The van der Waals surface area contributed by atoms with Gasteiger partial charge in [0.05, 0.1) is 20.8 Å². The number of ether oxygens (including phenoxy) is 2. The summed E-state index contributed by atoms with van der Waals surface area (Å²) < 4.78 is 10.6. The molecule has 0 atom stereocenters. The second-order valence-corrected chi connectivity index (χ2v) is 6.82. The van der Waals surface area contributed by atoms with Gasteiger partial charge in [0.2, 0.25) is 5.91 Å². The van der Waals surface area contributed by atoms with Crippen molar-refractivity contribution >= 4 is 16.8 Å². The van der Waals surface area contributed by atoms with Gasteiger partial charge in [0.1, 0.15) is 0 Å². The van der Waals surface area contributed by atoms with E-state index in [-0.39, 0.29) is 5.91 Å². The fourth-order valence-corrected chi connectivity index (χ4v) is 3.32. The van der Waals surface area contributed by atoms with E-state index in [1.165, 1.54) is 10.9 Å². The van der Waals surface area contributed by atoms with Gasteiger partial charge in [-0.25, -0.2) is 0 Å². The highest BCUT2D eigenvalue weighted by Crippen LogP contribution is 2.27. The molecule has 0 saturated carbocycles. The highest BCUT2D eigenvalue weighted by molar-refractivity contribution is 5.83. The lowest BCUT2D eigenvalue weighted by atomic mass is 10.1. The maximum absolute atomic E-state index is 12.3. The van der Waals surface area contributed by atoms with Crippen molar-refractivity contribution in [2.75, 3.05) is 34.4 Å². The van der Waals surface area contributed by atoms with Gasteiger partial charge in [-0.2, -0.15) is 0 Å². The lowest BCUT2D eigenvalue weighted by molar-refractivity contribution is -0.122. The Morgan fingerprint density at radius 2 is 1.89 bits per heavy atom. The van der Waals surface area contributed by atoms with Crippen LogP contribution in [0, 0.1) is 0 Å². The van der Waals surface area contributed by atoms with E-state index in [1.54, 1.807) is 14.2 Å². The normalized spacial score (nSPS) is 11.0. The SMILES string of the molecule is COc1ccc(CN(C)CC(=O)NCCc2c[nH]c3ccccc23)cc1OC. The monoisotopic (exact) mass is 381 g/mol. The van der Waals surface area contributed by atoms with Crippen LogP contribution >= 0.6 is 0 Å². The van der Waals surface area contributed by atoms with Gasteiger partial charge in [-0.15, -0.1) is 0 Å². The maximum Gasteiger partial charge on any atom is 0.234 e. The Kier molecular flexibility index (Phi) is 6.55. The number of amides is 1. The molecule has 148 valence electrons. The number of benzene rings is 2. The lowest BCUT2D eigenvalue weighted by Gasteiger charge is -2.17. The highest BCUT2D eigenvalue weighted by Gasteiger charge is 2.10. The lowest BCUT2D eigenvalue weighted by Crippen LogP contribution is -2.35. The molecule has 6 heteroatoms. The number of carbonyl (C=O) groups excluding carboxylic acids is 1. The van der Waals surface area contributed by atoms with Crippen molar-refractivity contribution in [1.82, 2.24) is 15.2 Å². The molecule has 3 rings (SSSR count). The van der Waals surface area contributed by atoms with Gasteiger partial charge in [0.15, 0.2) is 11.5 Å². The van der Waals surface area contributed by atoms with Gasteiger partial charge in [-0.1, -0.05) is 24.3 Å². The third-order valence-corrected chi connectivity index (χ3v) is 4.71. The zero-order valence-electron chi connectivity index (χ0n) is 16.6. The van der Waals surface area contributed by atoms with E-state index in [1.807, 2.05) is 48.5 Å². The molecule has 28 heavy (non-hydrogen) atoms. The molecule has 0 saturated heterocycles. The third kappa shape index (κ3) is 4.84. The predicted octanol–water partition coefficient (Wildman–Crippen LogP) is 2.98. The molecule has 0 aliphatic heterocycles. The average molecular weight is 381 g/mol. The molecule has 0 spiro atoms. The molecule has 0 aliphatic rings. The number of nitrogens with zero attached hydrogens (tertiary/aromatic N) is 1. The van der Waals surface area contributed by atoms with Crippen LogP contribution in [0.5, 0.6) is 11.5 Å². The molecule has 0 radical (unpaired) electrons. The number of H-pyrrole nitrogens is 1. The Balaban J connectivity index is 1.46. The van der Waals surface area contributed by atoms with Crippen molar-refractivity contribution in [3.63, 3.8) is 0 Å². The van der Waals surface area contributed by atoms with Crippen LogP contribution in [-0.4, -0.2) is 50.1 Å². The molecule has 0 unspecified atom stereocenters. The Morgan fingerprint density at radius 3 is 2.68 bits per heavy atom. The van der Waals surface area contributed by atoms with Crippen LogP contribution in [0.15, 0.2) is 48.7 Å². The minimum Gasteiger partial charge on any atom is -0.493 e. The van der Waals surface area contributed by atoms with Gasteiger partial charge in [0, 0.05) is 30.2 Å². The molecule has 2 aromatic carbocycles. The number of methoxy groups -OCH3 is 2. The fourth-order valence-electron chi connectivity index (χ4n) is 3.32. The summed E-state index contributed by atoms with van der Waals surface area (Å²) in [7, 11) is 5.16. The number of aromatic amines is 1. The first-order chi connectivity index (χ1) is 13.6. The quantitative estimate of drug-likeness (QED) is 0.598. The summed E-state index contributed by atoms with van der Waals surface area (Å²) in [5.74, 6) is 1.41. The van der Waals surface area contributed by atoms with Crippen molar-refractivity contribution < 1.29 is 14.3 Å². The van der Waals surface area contributed by atoms with Crippen molar-refractivity contribution in [3.8, 4) is 11.5 Å². The smallest absolute Gasteiger partial charge is 0.234 e. The average Bonchev–Trinajstić information content (AvgIpc) is 3.11. The number of rotatable bonds is 9. The molecular weight excluding hydrogens is 354 g/mol. The number of fused-ring (bicyclic) bond motifs is 1. The third-order valence-electron chi connectivity index (χ3n) is 4.71. The minimum atomic E-state index is 0.0165. The van der Waals surface area contributed by atoms with E-state index >= 15 is 0 Å². The summed E-state index contributed by atoms with van der Waals surface area (Å²) in [4.78, 5) is 17.5. The Bertz CT molecular complexity index is 936. The van der Waals surface area contributed by atoms with Gasteiger partial charge >= 0.3 is 0 Å². The van der Waals surface area contributed by atoms with Gasteiger partial charge in [-0.3, -0.25) is 9.69 Å². The first kappa shape index (κ1) is 19.8. The summed E-state index contributed by atoms with van der Waals surface area (Å²) >= 11 is 0. The number of para-hydroxylation sites is 1. The van der Waals surface area contributed by atoms with E-state index < -0.39 is 0 Å². The summed E-state index contributed by atoms with van der Waals surface area (Å²) in [5.41, 5.74) is 3.40. The summed E-state index contributed by atoms with van der Waals surface area (Å²) in [6, 6.07) is 14.0. The van der Waals surface area contributed by atoms with Crippen LogP contribution in [0.2, 0.25) is 0 Å². The highest BCUT2D eigenvalue weighted by atomic mass is 16.5. The Morgan fingerprint density at radius 1 is 1.11 bits per heavy atom. The second kappa shape index (κ2) is 9.28. The van der Waals surface area contributed by atoms with Crippen molar-refractivity contribution in [3.05, 3.63) is 59.8 Å². The van der Waals surface area contributed by atoms with Crippen molar-refractivity contribution in [2.45, 2.75) is 13.0 Å². The van der Waals surface area contributed by atoms with Crippen molar-refractivity contribution in [1.29, 1.82) is 0 Å². The topological polar surface area (TPSA) is 66.6 Å². The Hall–Kier alpha value is -2.99. The predicted molar refractivity (Wildman–Crippen MR) is 111 cm³/mol. The fraction of sp³-hybridized carbons (Fsp3) is 0.318. The van der Waals surface area contributed by atoms with E-state index in [0.29, 0.717) is 31.1 Å². The largest absolute Gasteiger partial charge is 0.493 e. The molecule has 0 bridgehead atoms. The van der Waals surface area contributed by atoms with Gasteiger partial charge < -0.3 is 19.8 Å². The van der Waals surface area contributed by atoms with Crippen molar-refractivity contribution in [2.24, 2.45) is 0 Å². The van der Waals surface area contributed by atoms with Crippen LogP contribution in [0.1, 0.15) is 11.1 Å². The zero-order valence-corrected chi connectivity index (χ0v) is 16.6. The minimum absolute atomic E-state index is 0.0165. The molecule has 0 fully saturated rings. The van der Waals surface area contributed by atoms with E-state index in [0.717, 1.165) is 17.5 Å². The summed E-state index contributed by atoms with van der Waals surface area (Å²) in [5, 5.41) is 4.21. The molecule has 3 aromatic rings. The van der Waals surface area contributed by atoms with Crippen LogP contribution in [0.4, 0.5) is 0 Å². The van der Waals surface area contributed by atoms with Crippen LogP contribution in [0.25, 0.3) is 10.9 Å². The van der Waals surface area contributed by atoms with Crippen LogP contribution in [-0.2, 0) is 17.8 Å². The molecule has 6 nitrogen and oxygen atoms in total. The molecule has 2 N–H and O–H groups in total. The summed E-state index contributed by atoms with van der Waals surface area (Å²) in [6.45, 7) is 1.60. The first-order valence-electron chi connectivity index (χ1n) is 9.32. The molecule has 1 aromatic heterocycles. The summed E-state index contributed by atoms with van der Waals surface area (Å²) in [6.07, 6.45) is 2.81. The van der Waals surface area contributed by atoms with E-state index in [4.69, 9.17) is 9.47 Å². The van der Waals surface area contributed by atoms with Crippen LogP contribution < -0.4 is 14.8 Å². The van der Waals surface area contributed by atoms with Crippen LogP contribution in [0.3, 0.4) is 0 Å². The number of hydrogen-bond donors (Lipinski definition) is 2. The number of carbonyl (C=O) groups is 1. The zero-order chi connectivity index (χ0) is 19.9. The number of aromatic nitrogens is 1.